The Morgan fingerprint density at radius 2 is 2.14 bits per heavy atom. The lowest BCUT2D eigenvalue weighted by molar-refractivity contribution is -0.0671. The van der Waals surface area contributed by atoms with Crippen molar-refractivity contribution in [1.82, 2.24) is 15.1 Å². The fourth-order valence-corrected chi connectivity index (χ4v) is 3.34. The molecule has 0 aliphatic carbocycles. The van der Waals surface area contributed by atoms with E-state index >= 15 is 0 Å². The van der Waals surface area contributed by atoms with Crippen molar-refractivity contribution in [2.75, 3.05) is 37.7 Å². The lowest BCUT2D eigenvalue weighted by atomic mass is 10.0. The van der Waals surface area contributed by atoms with Crippen LogP contribution in [0.5, 0.6) is 0 Å². The summed E-state index contributed by atoms with van der Waals surface area (Å²) in [7, 11) is 0. The first-order chi connectivity index (χ1) is 10.3. The number of ether oxygens (including phenoxy) is 1. The van der Waals surface area contributed by atoms with E-state index in [1.165, 1.54) is 0 Å². The van der Waals surface area contributed by atoms with Crippen LogP contribution in [0.1, 0.15) is 18.5 Å². The third-order valence-electron chi connectivity index (χ3n) is 4.46. The van der Waals surface area contributed by atoms with Gasteiger partial charge in [0.15, 0.2) is 5.82 Å². The first-order valence-corrected chi connectivity index (χ1v) is 7.80. The minimum absolute atomic E-state index is 0.335. The zero-order chi connectivity index (χ0) is 14.7. The van der Waals surface area contributed by atoms with Crippen molar-refractivity contribution in [2.24, 2.45) is 0 Å². The quantitative estimate of drug-likeness (QED) is 0.791. The van der Waals surface area contributed by atoms with E-state index in [0.717, 1.165) is 57.1 Å². The lowest BCUT2D eigenvalue weighted by Crippen LogP contribution is -2.51. The van der Waals surface area contributed by atoms with E-state index in [4.69, 9.17) is 4.74 Å². The van der Waals surface area contributed by atoms with Crippen LogP contribution in [0.2, 0.25) is 0 Å². The molecule has 1 aromatic heterocycles. The fourth-order valence-electron chi connectivity index (χ4n) is 3.34. The molecule has 3 rings (SSSR count). The summed E-state index contributed by atoms with van der Waals surface area (Å²) in [6.45, 7) is 10.6. The summed E-state index contributed by atoms with van der Waals surface area (Å²) >= 11 is 0. The van der Waals surface area contributed by atoms with Gasteiger partial charge in [0.05, 0.1) is 18.4 Å². The Hall–Kier alpha value is -1.46. The summed E-state index contributed by atoms with van der Waals surface area (Å²) in [4.78, 5) is 4.84. The molecule has 1 aromatic rings. The van der Waals surface area contributed by atoms with Gasteiger partial charge in [0, 0.05) is 32.2 Å². The highest BCUT2D eigenvalue weighted by molar-refractivity contribution is 5.37. The molecule has 0 radical (unpaired) electrons. The minimum atomic E-state index is 0.335. The highest BCUT2D eigenvalue weighted by Crippen LogP contribution is 2.25. The van der Waals surface area contributed by atoms with Gasteiger partial charge in [-0.1, -0.05) is 6.08 Å². The molecule has 2 unspecified atom stereocenters. The van der Waals surface area contributed by atoms with Crippen molar-refractivity contribution in [2.45, 2.75) is 31.9 Å². The van der Waals surface area contributed by atoms with Crippen molar-refractivity contribution in [3.63, 3.8) is 0 Å². The topological polar surface area (TPSA) is 41.5 Å². The molecule has 21 heavy (non-hydrogen) atoms. The molecule has 2 aliphatic rings. The van der Waals surface area contributed by atoms with Gasteiger partial charge in [-0.05, 0) is 31.9 Å². The molecule has 0 N–H and O–H groups in total. The van der Waals surface area contributed by atoms with Crippen LogP contribution >= 0.6 is 0 Å². The van der Waals surface area contributed by atoms with Gasteiger partial charge in [0.25, 0.3) is 0 Å². The van der Waals surface area contributed by atoms with E-state index in [1.54, 1.807) is 0 Å². The first kappa shape index (κ1) is 14.5. The van der Waals surface area contributed by atoms with Crippen LogP contribution in [0.15, 0.2) is 24.8 Å². The SMILES string of the molecule is C=CCN1CCOC2CCN(c3ccc(C)nn3)CCC21. The van der Waals surface area contributed by atoms with Crippen LogP contribution in [0.3, 0.4) is 0 Å². The number of aromatic nitrogens is 2. The molecule has 0 bridgehead atoms. The third-order valence-corrected chi connectivity index (χ3v) is 4.46. The maximum atomic E-state index is 6.00. The minimum Gasteiger partial charge on any atom is -0.375 e. The van der Waals surface area contributed by atoms with Crippen LogP contribution in [0.25, 0.3) is 0 Å². The maximum Gasteiger partial charge on any atom is 0.151 e. The molecular formula is C16H24N4O. The number of fused-ring (bicyclic) bond motifs is 1. The molecule has 114 valence electrons. The average Bonchev–Trinajstić information content (AvgIpc) is 2.72. The zero-order valence-corrected chi connectivity index (χ0v) is 12.7. The number of nitrogens with zero attached hydrogens (tertiary/aromatic N) is 4. The van der Waals surface area contributed by atoms with Crippen molar-refractivity contribution < 1.29 is 4.74 Å². The Kier molecular flexibility index (Phi) is 4.51. The molecular weight excluding hydrogens is 264 g/mol. The van der Waals surface area contributed by atoms with E-state index in [-0.39, 0.29) is 0 Å². The van der Waals surface area contributed by atoms with Gasteiger partial charge in [-0.2, -0.15) is 5.10 Å². The van der Waals surface area contributed by atoms with Gasteiger partial charge in [-0.25, -0.2) is 0 Å². The van der Waals surface area contributed by atoms with E-state index in [2.05, 4.69) is 32.6 Å². The summed E-state index contributed by atoms with van der Waals surface area (Å²) < 4.78 is 6.00. The van der Waals surface area contributed by atoms with Crippen molar-refractivity contribution in [3.05, 3.63) is 30.5 Å². The Balaban J connectivity index is 1.70. The highest BCUT2D eigenvalue weighted by atomic mass is 16.5. The molecule has 2 atom stereocenters. The second-order valence-corrected chi connectivity index (χ2v) is 5.86. The van der Waals surface area contributed by atoms with E-state index in [1.807, 2.05) is 19.1 Å². The van der Waals surface area contributed by atoms with Crippen molar-refractivity contribution in [1.29, 1.82) is 0 Å². The second kappa shape index (κ2) is 6.54. The van der Waals surface area contributed by atoms with Crippen LogP contribution < -0.4 is 4.90 Å². The third kappa shape index (κ3) is 3.24. The predicted molar refractivity (Wildman–Crippen MR) is 83.5 cm³/mol. The fraction of sp³-hybridized carbons (Fsp3) is 0.625. The number of hydrogen-bond donors (Lipinski definition) is 0. The van der Waals surface area contributed by atoms with Gasteiger partial charge in [0.1, 0.15) is 0 Å². The summed E-state index contributed by atoms with van der Waals surface area (Å²) in [5.41, 5.74) is 0.961. The van der Waals surface area contributed by atoms with E-state index in [9.17, 15) is 0 Å². The number of morpholine rings is 1. The number of rotatable bonds is 3. The lowest BCUT2D eigenvalue weighted by Gasteiger charge is -2.39. The highest BCUT2D eigenvalue weighted by Gasteiger charge is 2.34. The van der Waals surface area contributed by atoms with Crippen molar-refractivity contribution >= 4 is 5.82 Å². The largest absolute Gasteiger partial charge is 0.375 e. The molecule has 0 amide bonds. The molecule has 2 aliphatic heterocycles. The van der Waals surface area contributed by atoms with Crippen molar-refractivity contribution in [3.8, 4) is 0 Å². The Bertz CT molecular complexity index is 476. The summed E-state index contributed by atoms with van der Waals surface area (Å²) in [5, 5.41) is 8.50. The normalized spacial score (nSPS) is 27.0. The maximum absolute atomic E-state index is 6.00. The summed E-state index contributed by atoms with van der Waals surface area (Å²) in [6, 6.07) is 4.60. The van der Waals surface area contributed by atoms with E-state index < -0.39 is 0 Å². The van der Waals surface area contributed by atoms with Crippen LogP contribution in [0, 0.1) is 6.92 Å². The monoisotopic (exact) mass is 288 g/mol. The zero-order valence-electron chi connectivity index (χ0n) is 12.7. The predicted octanol–water partition coefficient (Wildman–Crippen LogP) is 1.64. The van der Waals surface area contributed by atoms with Crippen LogP contribution in [0.4, 0.5) is 5.82 Å². The Labute approximate surface area is 126 Å². The Morgan fingerprint density at radius 3 is 2.90 bits per heavy atom. The smallest absolute Gasteiger partial charge is 0.151 e. The molecule has 2 fully saturated rings. The van der Waals surface area contributed by atoms with Gasteiger partial charge in [-0.3, -0.25) is 4.90 Å². The Morgan fingerprint density at radius 1 is 1.29 bits per heavy atom. The molecule has 2 saturated heterocycles. The first-order valence-electron chi connectivity index (χ1n) is 7.80. The molecule has 0 saturated carbocycles. The number of aryl methyl sites for hydroxylation is 1. The summed E-state index contributed by atoms with van der Waals surface area (Å²) in [5.74, 6) is 0.981. The molecule has 5 heteroatoms. The number of anilines is 1. The molecule has 0 aromatic carbocycles. The van der Waals surface area contributed by atoms with Crippen LogP contribution in [-0.2, 0) is 4.74 Å². The van der Waals surface area contributed by atoms with E-state index in [0.29, 0.717) is 12.1 Å². The standard InChI is InChI=1S/C16H24N4O/c1-3-8-19-11-12-21-15-7-10-20(9-6-14(15)19)16-5-4-13(2)17-18-16/h3-5,14-15H,1,6-12H2,2H3. The average molecular weight is 288 g/mol. The van der Waals surface area contributed by atoms with Gasteiger partial charge in [0.2, 0.25) is 0 Å². The van der Waals surface area contributed by atoms with Gasteiger partial charge >= 0.3 is 0 Å². The summed E-state index contributed by atoms with van der Waals surface area (Å²) in [6.07, 6.45) is 4.49. The van der Waals surface area contributed by atoms with Crippen LogP contribution in [-0.4, -0.2) is 60.0 Å². The van der Waals surface area contributed by atoms with Gasteiger partial charge in [-0.15, -0.1) is 11.7 Å². The molecule has 0 spiro atoms. The van der Waals surface area contributed by atoms with Gasteiger partial charge < -0.3 is 9.64 Å². The molecule has 5 nitrogen and oxygen atoms in total. The molecule has 3 heterocycles. The number of hydrogen-bond acceptors (Lipinski definition) is 5. The second-order valence-electron chi connectivity index (χ2n) is 5.86.